The van der Waals surface area contributed by atoms with Crippen molar-refractivity contribution in [1.29, 1.82) is 0 Å². The van der Waals surface area contributed by atoms with Crippen molar-refractivity contribution in [1.82, 2.24) is 0 Å². The molecule has 1 fully saturated rings. The van der Waals surface area contributed by atoms with Crippen molar-refractivity contribution in [2.45, 2.75) is 72.6 Å². The first-order valence-electron chi connectivity index (χ1n) is 7.38. The molecule has 0 aliphatic heterocycles. The first-order chi connectivity index (χ1) is 7.69. The highest BCUT2D eigenvalue weighted by Crippen LogP contribution is 2.37. The molecule has 3 atom stereocenters. The summed E-state index contributed by atoms with van der Waals surface area (Å²) in [6.07, 6.45) is 12.2. The fourth-order valence-electron chi connectivity index (χ4n) is 3.05. The zero-order chi connectivity index (χ0) is 12.0. The van der Waals surface area contributed by atoms with E-state index in [1.54, 1.807) is 5.57 Å². The van der Waals surface area contributed by atoms with Crippen LogP contribution in [0.25, 0.3) is 0 Å². The summed E-state index contributed by atoms with van der Waals surface area (Å²) in [5, 5.41) is 0. The van der Waals surface area contributed by atoms with E-state index in [0.717, 1.165) is 17.8 Å². The lowest BCUT2D eigenvalue weighted by atomic mass is 9.74. The third-order valence-corrected chi connectivity index (χ3v) is 4.26. The van der Waals surface area contributed by atoms with Gasteiger partial charge in [0.2, 0.25) is 0 Å². The Balaban J connectivity index is 2.67. The summed E-state index contributed by atoms with van der Waals surface area (Å²) in [6, 6.07) is 0. The maximum atomic E-state index is 2.57. The molecule has 0 aromatic rings. The number of rotatable bonds is 5. The van der Waals surface area contributed by atoms with Crippen LogP contribution in [0.1, 0.15) is 72.6 Å². The molecule has 0 N–H and O–H groups in total. The minimum Gasteiger partial charge on any atom is -0.0848 e. The molecule has 16 heavy (non-hydrogen) atoms. The molecule has 1 rings (SSSR count). The van der Waals surface area contributed by atoms with Crippen molar-refractivity contribution in [3.05, 3.63) is 11.6 Å². The highest BCUT2D eigenvalue weighted by Gasteiger charge is 2.24. The van der Waals surface area contributed by atoms with Crippen LogP contribution >= 0.6 is 0 Å². The van der Waals surface area contributed by atoms with Gasteiger partial charge in [-0.1, -0.05) is 58.6 Å². The average molecular weight is 222 g/mol. The van der Waals surface area contributed by atoms with Gasteiger partial charge in [-0.2, -0.15) is 0 Å². The Bertz CT molecular complexity index is 214. The molecule has 0 heteroatoms. The molecule has 0 amide bonds. The fraction of sp³-hybridized carbons (Fsp3) is 0.875. The molecule has 0 aromatic heterocycles. The Morgan fingerprint density at radius 3 is 2.62 bits per heavy atom. The minimum absolute atomic E-state index is 0.807. The van der Waals surface area contributed by atoms with Gasteiger partial charge in [-0.3, -0.25) is 0 Å². The molecule has 2 unspecified atom stereocenters. The summed E-state index contributed by atoms with van der Waals surface area (Å²) in [7, 11) is 0. The van der Waals surface area contributed by atoms with Crippen molar-refractivity contribution in [2.75, 3.05) is 0 Å². The second-order valence-electron chi connectivity index (χ2n) is 5.77. The molecule has 0 saturated heterocycles. The lowest BCUT2D eigenvalue weighted by molar-refractivity contribution is 0.297. The predicted octanol–water partition coefficient (Wildman–Crippen LogP) is 5.59. The molecule has 1 saturated carbocycles. The summed E-state index contributed by atoms with van der Waals surface area (Å²) >= 11 is 0. The normalized spacial score (nSPS) is 29.1. The topological polar surface area (TPSA) is 0 Å². The van der Waals surface area contributed by atoms with Gasteiger partial charge >= 0.3 is 0 Å². The minimum atomic E-state index is 0.807. The molecule has 0 aromatic carbocycles. The SMILES string of the molecule is CCC/C=C(/C1CCCC(C)C1)[C@@H](C)CC. The first-order valence-corrected chi connectivity index (χ1v) is 7.38. The molecule has 1 aliphatic carbocycles. The molecular weight excluding hydrogens is 192 g/mol. The molecule has 1 aliphatic rings. The van der Waals surface area contributed by atoms with E-state index >= 15 is 0 Å². The van der Waals surface area contributed by atoms with Crippen LogP contribution in [-0.2, 0) is 0 Å². The van der Waals surface area contributed by atoms with Crippen LogP contribution in [0.4, 0.5) is 0 Å². The van der Waals surface area contributed by atoms with E-state index in [-0.39, 0.29) is 0 Å². The van der Waals surface area contributed by atoms with E-state index in [4.69, 9.17) is 0 Å². The fourth-order valence-corrected chi connectivity index (χ4v) is 3.05. The Morgan fingerprint density at radius 2 is 2.06 bits per heavy atom. The third-order valence-electron chi connectivity index (χ3n) is 4.26. The molecular formula is C16H30. The summed E-state index contributed by atoms with van der Waals surface area (Å²) in [6.45, 7) is 9.46. The second kappa shape index (κ2) is 7.14. The highest BCUT2D eigenvalue weighted by molar-refractivity contribution is 5.11. The monoisotopic (exact) mass is 222 g/mol. The van der Waals surface area contributed by atoms with E-state index < -0.39 is 0 Å². The van der Waals surface area contributed by atoms with E-state index in [1.807, 2.05) is 0 Å². The number of hydrogen-bond donors (Lipinski definition) is 0. The van der Waals surface area contributed by atoms with Gasteiger partial charge in [0.1, 0.15) is 0 Å². The van der Waals surface area contributed by atoms with Crippen LogP contribution in [0, 0.1) is 17.8 Å². The van der Waals surface area contributed by atoms with Gasteiger partial charge in [-0.25, -0.2) is 0 Å². The quantitative estimate of drug-likeness (QED) is 0.532. The van der Waals surface area contributed by atoms with Crippen LogP contribution in [0.2, 0.25) is 0 Å². The van der Waals surface area contributed by atoms with Crippen LogP contribution in [0.3, 0.4) is 0 Å². The van der Waals surface area contributed by atoms with Crippen molar-refractivity contribution < 1.29 is 0 Å². The van der Waals surface area contributed by atoms with Crippen molar-refractivity contribution in [3.63, 3.8) is 0 Å². The smallest absolute Gasteiger partial charge is 0.0198 e. The van der Waals surface area contributed by atoms with Gasteiger partial charge in [0.05, 0.1) is 0 Å². The summed E-state index contributed by atoms with van der Waals surface area (Å²) in [4.78, 5) is 0. The average Bonchev–Trinajstić information content (AvgIpc) is 2.29. The van der Waals surface area contributed by atoms with Gasteiger partial charge in [0.25, 0.3) is 0 Å². The Labute approximate surface area is 103 Å². The van der Waals surface area contributed by atoms with Crippen molar-refractivity contribution >= 4 is 0 Å². The van der Waals surface area contributed by atoms with Crippen molar-refractivity contribution in [2.24, 2.45) is 17.8 Å². The number of hydrogen-bond acceptors (Lipinski definition) is 0. The molecule has 0 nitrogen and oxygen atoms in total. The Hall–Kier alpha value is -0.260. The lowest BCUT2D eigenvalue weighted by Crippen LogP contribution is -2.18. The molecule has 0 radical (unpaired) electrons. The maximum Gasteiger partial charge on any atom is -0.0198 e. The van der Waals surface area contributed by atoms with E-state index in [1.165, 1.54) is 44.9 Å². The van der Waals surface area contributed by atoms with Gasteiger partial charge in [-0.15, -0.1) is 0 Å². The van der Waals surface area contributed by atoms with Crippen LogP contribution < -0.4 is 0 Å². The highest BCUT2D eigenvalue weighted by atomic mass is 14.3. The maximum absolute atomic E-state index is 2.57. The lowest BCUT2D eigenvalue weighted by Gasteiger charge is -2.31. The van der Waals surface area contributed by atoms with E-state index in [2.05, 4.69) is 33.8 Å². The Kier molecular flexibility index (Phi) is 6.16. The molecule has 0 bridgehead atoms. The van der Waals surface area contributed by atoms with Gasteiger partial charge in [0.15, 0.2) is 0 Å². The van der Waals surface area contributed by atoms with Gasteiger partial charge in [-0.05, 0) is 43.4 Å². The molecule has 94 valence electrons. The number of allylic oxidation sites excluding steroid dienone is 2. The summed E-state index contributed by atoms with van der Waals surface area (Å²) in [5.74, 6) is 2.67. The predicted molar refractivity (Wildman–Crippen MR) is 73.6 cm³/mol. The summed E-state index contributed by atoms with van der Waals surface area (Å²) < 4.78 is 0. The van der Waals surface area contributed by atoms with Crippen LogP contribution in [0.15, 0.2) is 11.6 Å². The van der Waals surface area contributed by atoms with E-state index in [9.17, 15) is 0 Å². The molecule has 0 heterocycles. The zero-order valence-electron chi connectivity index (χ0n) is 11.8. The standard InChI is InChI=1S/C16H30/c1-5-7-11-16(14(4)6-2)15-10-8-9-13(3)12-15/h11,13-15H,5-10,12H2,1-4H3/b16-11+/t13?,14-,15?/m0/s1. The zero-order valence-corrected chi connectivity index (χ0v) is 11.8. The van der Waals surface area contributed by atoms with Crippen LogP contribution in [-0.4, -0.2) is 0 Å². The Morgan fingerprint density at radius 1 is 1.31 bits per heavy atom. The molecule has 0 spiro atoms. The largest absolute Gasteiger partial charge is 0.0848 e. The third kappa shape index (κ3) is 3.96. The van der Waals surface area contributed by atoms with E-state index in [0.29, 0.717) is 0 Å². The van der Waals surface area contributed by atoms with Crippen molar-refractivity contribution in [3.8, 4) is 0 Å². The van der Waals surface area contributed by atoms with Gasteiger partial charge < -0.3 is 0 Å². The van der Waals surface area contributed by atoms with Gasteiger partial charge in [0, 0.05) is 0 Å². The number of unbranched alkanes of at least 4 members (excludes halogenated alkanes) is 1. The second-order valence-corrected chi connectivity index (χ2v) is 5.77. The first kappa shape index (κ1) is 13.8. The van der Waals surface area contributed by atoms with Crippen LogP contribution in [0.5, 0.6) is 0 Å². The summed E-state index contributed by atoms with van der Waals surface area (Å²) in [5.41, 5.74) is 1.79.